The zero-order valence-corrected chi connectivity index (χ0v) is 12.9. The van der Waals surface area contributed by atoms with Crippen LogP contribution in [0.5, 0.6) is 0 Å². The first-order chi connectivity index (χ1) is 10.0. The average molecular weight is 313 g/mol. The maximum Gasteiger partial charge on any atom is 0.244 e. The summed E-state index contributed by atoms with van der Waals surface area (Å²) in [6, 6.07) is 3.62. The minimum atomic E-state index is -3.53. The van der Waals surface area contributed by atoms with E-state index in [4.69, 9.17) is 9.15 Å². The Hall–Kier alpha value is -1.64. The number of aromatic nitrogens is 2. The highest BCUT2D eigenvalue weighted by Crippen LogP contribution is 2.15. The van der Waals surface area contributed by atoms with Gasteiger partial charge in [-0.15, -0.1) is 0 Å². The molecule has 0 saturated heterocycles. The number of H-pyrrole nitrogens is 1. The molecule has 0 spiro atoms. The summed E-state index contributed by atoms with van der Waals surface area (Å²) >= 11 is 0. The van der Waals surface area contributed by atoms with Crippen molar-refractivity contribution >= 4 is 10.0 Å². The number of furan rings is 1. The van der Waals surface area contributed by atoms with Crippen LogP contribution in [0.2, 0.25) is 0 Å². The number of aromatic amines is 1. The van der Waals surface area contributed by atoms with E-state index in [1.807, 2.05) is 6.07 Å². The monoisotopic (exact) mass is 313 g/mol. The van der Waals surface area contributed by atoms with Crippen molar-refractivity contribution in [2.24, 2.45) is 0 Å². The molecule has 0 fully saturated rings. The van der Waals surface area contributed by atoms with Crippen LogP contribution in [0.4, 0.5) is 0 Å². The quantitative estimate of drug-likeness (QED) is 0.720. The van der Waals surface area contributed by atoms with Gasteiger partial charge in [-0.3, -0.25) is 5.10 Å². The highest BCUT2D eigenvalue weighted by molar-refractivity contribution is 7.89. The third kappa shape index (κ3) is 4.16. The third-order valence-corrected chi connectivity index (χ3v) is 4.63. The second kappa shape index (κ2) is 6.88. The number of nitrogens with zero attached hydrogens (tertiary/aromatic N) is 1. The van der Waals surface area contributed by atoms with Crippen LogP contribution in [0.3, 0.4) is 0 Å². The van der Waals surface area contributed by atoms with Crippen molar-refractivity contribution in [3.8, 4) is 0 Å². The molecule has 0 aromatic carbocycles. The molecule has 0 aliphatic carbocycles. The van der Waals surface area contributed by atoms with Crippen molar-refractivity contribution < 1.29 is 17.6 Å². The van der Waals surface area contributed by atoms with Crippen LogP contribution >= 0.6 is 0 Å². The van der Waals surface area contributed by atoms with Gasteiger partial charge < -0.3 is 9.15 Å². The van der Waals surface area contributed by atoms with Gasteiger partial charge in [0.2, 0.25) is 10.0 Å². The molecule has 0 aliphatic rings. The summed E-state index contributed by atoms with van der Waals surface area (Å²) in [7, 11) is -3.53. The number of nitrogens with one attached hydrogen (secondary N) is 2. The van der Waals surface area contributed by atoms with E-state index < -0.39 is 10.0 Å². The average Bonchev–Trinajstić information content (AvgIpc) is 3.04. The van der Waals surface area contributed by atoms with Crippen molar-refractivity contribution in [3.63, 3.8) is 0 Å². The Bertz CT molecular complexity index is 642. The van der Waals surface area contributed by atoms with Crippen molar-refractivity contribution in [2.45, 2.75) is 31.8 Å². The van der Waals surface area contributed by atoms with Crippen LogP contribution < -0.4 is 4.72 Å². The zero-order valence-electron chi connectivity index (χ0n) is 12.0. The van der Waals surface area contributed by atoms with E-state index in [2.05, 4.69) is 14.9 Å². The van der Waals surface area contributed by atoms with Crippen molar-refractivity contribution in [1.29, 1.82) is 0 Å². The standard InChI is InChI=1S/C13H19N3O4S/c1-10-13(11(2)16-15-10)21(17,18)14-6-4-7-19-9-12-5-3-8-20-12/h3,5,8,14H,4,6-7,9H2,1-2H3,(H,15,16). The van der Waals surface area contributed by atoms with E-state index in [-0.39, 0.29) is 4.90 Å². The SMILES string of the molecule is Cc1n[nH]c(C)c1S(=O)(=O)NCCCOCc1ccco1. The fourth-order valence-electron chi connectivity index (χ4n) is 1.96. The van der Waals surface area contributed by atoms with Gasteiger partial charge in [-0.25, -0.2) is 13.1 Å². The lowest BCUT2D eigenvalue weighted by Crippen LogP contribution is -2.26. The predicted octanol–water partition coefficient (Wildman–Crippen LogP) is 1.50. The van der Waals surface area contributed by atoms with E-state index >= 15 is 0 Å². The summed E-state index contributed by atoms with van der Waals surface area (Å²) in [5, 5.41) is 6.55. The summed E-state index contributed by atoms with van der Waals surface area (Å²) < 4.78 is 37.3. The maximum absolute atomic E-state index is 12.1. The van der Waals surface area contributed by atoms with Crippen LogP contribution in [0, 0.1) is 13.8 Å². The molecule has 21 heavy (non-hydrogen) atoms. The maximum atomic E-state index is 12.1. The van der Waals surface area contributed by atoms with Gasteiger partial charge in [0.05, 0.1) is 17.7 Å². The van der Waals surface area contributed by atoms with Gasteiger partial charge in [0.25, 0.3) is 0 Å². The van der Waals surface area contributed by atoms with E-state index in [1.165, 1.54) is 0 Å². The van der Waals surface area contributed by atoms with Crippen molar-refractivity contribution in [1.82, 2.24) is 14.9 Å². The summed E-state index contributed by atoms with van der Waals surface area (Å²) in [6.07, 6.45) is 2.16. The van der Waals surface area contributed by atoms with E-state index in [1.54, 1.807) is 26.2 Å². The molecule has 0 unspecified atom stereocenters. The second-order valence-electron chi connectivity index (χ2n) is 4.65. The molecule has 2 N–H and O–H groups in total. The Morgan fingerprint density at radius 2 is 2.24 bits per heavy atom. The van der Waals surface area contributed by atoms with Gasteiger partial charge in [0, 0.05) is 13.2 Å². The molecule has 7 nitrogen and oxygen atoms in total. The molecule has 2 heterocycles. The lowest BCUT2D eigenvalue weighted by molar-refractivity contribution is 0.105. The first kappa shape index (κ1) is 15.7. The molecular formula is C13H19N3O4S. The molecule has 116 valence electrons. The Balaban J connectivity index is 1.73. The van der Waals surface area contributed by atoms with Gasteiger partial charge in [-0.05, 0) is 32.4 Å². The third-order valence-electron chi connectivity index (χ3n) is 2.91. The summed E-state index contributed by atoms with van der Waals surface area (Å²) in [5.41, 5.74) is 1.00. The summed E-state index contributed by atoms with van der Waals surface area (Å²) in [5.74, 6) is 0.750. The molecule has 8 heteroatoms. The van der Waals surface area contributed by atoms with Crippen LogP contribution in [-0.4, -0.2) is 31.8 Å². The fourth-order valence-corrected chi connectivity index (χ4v) is 3.40. The van der Waals surface area contributed by atoms with E-state index in [0.717, 1.165) is 5.76 Å². The number of hydrogen-bond donors (Lipinski definition) is 2. The fraction of sp³-hybridized carbons (Fsp3) is 0.462. The molecule has 2 rings (SSSR count). The number of rotatable bonds is 8. The van der Waals surface area contributed by atoms with Gasteiger partial charge in [-0.2, -0.15) is 5.10 Å². The Morgan fingerprint density at radius 1 is 1.43 bits per heavy atom. The molecule has 0 bridgehead atoms. The van der Waals surface area contributed by atoms with Gasteiger partial charge in [-0.1, -0.05) is 0 Å². The van der Waals surface area contributed by atoms with Crippen LogP contribution in [0.15, 0.2) is 27.7 Å². The van der Waals surface area contributed by atoms with Gasteiger partial charge in [0.15, 0.2) is 0 Å². The topological polar surface area (TPSA) is 97.2 Å². The van der Waals surface area contributed by atoms with Gasteiger partial charge >= 0.3 is 0 Å². The number of sulfonamides is 1. The molecular weight excluding hydrogens is 294 g/mol. The Kier molecular flexibility index (Phi) is 5.16. The molecule has 2 aromatic heterocycles. The molecule has 0 radical (unpaired) electrons. The highest BCUT2D eigenvalue weighted by atomic mass is 32.2. The molecule has 0 aliphatic heterocycles. The van der Waals surface area contributed by atoms with E-state index in [0.29, 0.717) is 37.6 Å². The minimum Gasteiger partial charge on any atom is -0.467 e. The Morgan fingerprint density at radius 3 is 2.86 bits per heavy atom. The first-order valence-corrected chi connectivity index (χ1v) is 8.10. The number of aryl methyl sites for hydroxylation is 2. The lowest BCUT2D eigenvalue weighted by Gasteiger charge is -2.07. The largest absolute Gasteiger partial charge is 0.467 e. The summed E-state index contributed by atoms with van der Waals surface area (Å²) in [4.78, 5) is 0.221. The summed E-state index contributed by atoms with van der Waals surface area (Å²) in [6.45, 7) is 4.49. The number of ether oxygens (including phenoxy) is 1. The highest BCUT2D eigenvalue weighted by Gasteiger charge is 2.21. The molecule has 2 aromatic rings. The first-order valence-electron chi connectivity index (χ1n) is 6.62. The van der Waals surface area contributed by atoms with Crippen molar-refractivity contribution in [3.05, 3.63) is 35.5 Å². The Labute approximate surface area is 123 Å². The van der Waals surface area contributed by atoms with Crippen LogP contribution in [-0.2, 0) is 21.4 Å². The smallest absolute Gasteiger partial charge is 0.244 e. The molecule has 0 amide bonds. The molecule has 0 atom stereocenters. The number of hydrogen-bond acceptors (Lipinski definition) is 5. The van der Waals surface area contributed by atoms with Crippen molar-refractivity contribution in [2.75, 3.05) is 13.2 Å². The normalized spacial score (nSPS) is 11.9. The second-order valence-corrected chi connectivity index (χ2v) is 6.35. The minimum absolute atomic E-state index is 0.221. The molecule has 0 saturated carbocycles. The van der Waals surface area contributed by atoms with Crippen LogP contribution in [0.25, 0.3) is 0 Å². The van der Waals surface area contributed by atoms with Crippen LogP contribution in [0.1, 0.15) is 23.6 Å². The van der Waals surface area contributed by atoms with E-state index in [9.17, 15) is 8.42 Å². The lowest BCUT2D eigenvalue weighted by atomic mass is 10.4. The predicted molar refractivity (Wildman–Crippen MR) is 76.2 cm³/mol. The van der Waals surface area contributed by atoms with Gasteiger partial charge in [0.1, 0.15) is 17.3 Å². The zero-order chi connectivity index (χ0) is 15.3.